The van der Waals surface area contributed by atoms with Gasteiger partial charge in [-0.3, -0.25) is 9.59 Å². The Morgan fingerprint density at radius 3 is 2.52 bits per heavy atom. The van der Waals surface area contributed by atoms with Gasteiger partial charge in [-0.05, 0) is 29.5 Å². The normalized spacial score (nSPS) is 19.4. The van der Waals surface area contributed by atoms with E-state index >= 15 is 0 Å². The monoisotopic (exact) mass is 394 g/mol. The summed E-state index contributed by atoms with van der Waals surface area (Å²) >= 11 is 0. The van der Waals surface area contributed by atoms with Gasteiger partial charge in [0.05, 0.1) is 13.2 Å². The number of carbonyl (C=O) groups excluding carboxylic acids is 2. The summed E-state index contributed by atoms with van der Waals surface area (Å²) in [6.45, 7) is 7.08. The highest BCUT2D eigenvalue weighted by Gasteiger charge is 2.43. The highest BCUT2D eigenvalue weighted by molar-refractivity contribution is 5.86. The van der Waals surface area contributed by atoms with Gasteiger partial charge in [-0.25, -0.2) is 0 Å². The molecule has 0 bridgehead atoms. The quantitative estimate of drug-likeness (QED) is 0.817. The molecule has 2 amide bonds. The Bertz CT molecular complexity index is 876. The van der Waals surface area contributed by atoms with Crippen molar-refractivity contribution in [2.75, 3.05) is 19.7 Å². The summed E-state index contributed by atoms with van der Waals surface area (Å²) in [5.41, 5.74) is 8.94. The topological polar surface area (TPSA) is 72.6 Å². The molecule has 0 saturated carbocycles. The van der Waals surface area contributed by atoms with Crippen LogP contribution in [0.25, 0.3) is 11.1 Å². The number of aryl methyl sites for hydroxylation is 1. The van der Waals surface area contributed by atoms with Gasteiger partial charge in [0.15, 0.2) is 5.60 Å². The number of nitrogens with two attached hydrogens (primary N) is 1. The molecule has 0 spiro atoms. The van der Waals surface area contributed by atoms with E-state index in [-0.39, 0.29) is 18.4 Å². The second-order valence-electron chi connectivity index (χ2n) is 8.36. The van der Waals surface area contributed by atoms with Crippen LogP contribution in [0.2, 0.25) is 0 Å². The second-order valence-corrected chi connectivity index (χ2v) is 8.36. The Labute approximate surface area is 172 Å². The lowest BCUT2D eigenvalue weighted by molar-refractivity contribution is -0.163. The molecule has 0 aromatic heterocycles. The van der Waals surface area contributed by atoms with Crippen LogP contribution in [0.4, 0.5) is 0 Å². The minimum Gasteiger partial charge on any atom is -0.367 e. The van der Waals surface area contributed by atoms with Gasteiger partial charge in [0.25, 0.3) is 5.91 Å². The Hall–Kier alpha value is -2.66. The van der Waals surface area contributed by atoms with Crippen LogP contribution in [0.5, 0.6) is 0 Å². The highest BCUT2D eigenvalue weighted by atomic mass is 16.5. The summed E-state index contributed by atoms with van der Waals surface area (Å²) in [5.74, 6) is -0.220. The molecular formula is C24H30N2O3. The first-order valence-electron chi connectivity index (χ1n) is 10.2. The van der Waals surface area contributed by atoms with Crippen LogP contribution in [0.15, 0.2) is 48.5 Å². The van der Waals surface area contributed by atoms with Crippen LogP contribution in [0, 0.1) is 12.8 Å². The van der Waals surface area contributed by atoms with Gasteiger partial charge < -0.3 is 15.4 Å². The van der Waals surface area contributed by atoms with E-state index in [0.29, 0.717) is 26.0 Å². The Kier molecular flexibility index (Phi) is 6.38. The standard InChI is InChI=1S/C24H30N2O3/c1-17(2)13-22(27)26-11-12-29-24(16-26,23(25)28)15-19-5-4-6-21(14-19)20-9-7-18(3)8-10-20/h4-10,14,17H,11-13,15-16H2,1-3H3,(H2,25,28)/t24-/m1/s1. The maximum Gasteiger partial charge on any atom is 0.251 e. The maximum absolute atomic E-state index is 12.6. The number of nitrogens with zero attached hydrogens (tertiary/aromatic N) is 1. The highest BCUT2D eigenvalue weighted by Crippen LogP contribution is 2.27. The largest absolute Gasteiger partial charge is 0.367 e. The number of hydrogen-bond acceptors (Lipinski definition) is 3. The Morgan fingerprint density at radius 1 is 1.14 bits per heavy atom. The molecule has 2 aromatic rings. The minimum absolute atomic E-state index is 0.0438. The van der Waals surface area contributed by atoms with Crippen LogP contribution in [-0.4, -0.2) is 42.0 Å². The second kappa shape index (κ2) is 8.78. The fourth-order valence-electron chi connectivity index (χ4n) is 3.76. The van der Waals surface area contributed by atoms with Gasteiger partial charge in [-0.15, -0.1) is 0 Å². The van der Waals surface area contributed by atoms with Crippen LogP contribution < -0.4 is 5.73 Å². The fraction of sp³-hybridized carbons (Fsp3) is 0.417. The van der Waals surface area contributed by atoms with Crippen LogP contribution in [-0.2, 0) is 20.7 Å². The third-order valence-corrected chi connectivity index (χ3v) is 5.37. The van der Waals surface area contributed by atoms with E-state index < -0.39 is 11.5 Å². The summed E-state index contributed by atoms with van der Waals surface area (Å²) in [7, 11) is 0. The number of ether oxygens (including phenoxy) is 1. The van der Waals surface area contributed by atoms with Gasteiger partial charge in [-0.1, -0.05) is 67.9 Å². The number of hydrogen-bond donors (Lipinski definition) is 1. The van der Waals surface area contributed by atoms with Crippen molar-refractivity contribution in [3.05, 3.63) is 59.7 Å². The molecule has 2 N–H and O–H groups in total. The summed E-state index contributed by atoms with van der Waals surface area (Å²) in [5, 5.41) is 0. The van der Waals surface area contributed by atoms with Crippen molar-refractivity contribution in [3.63, 3.8) is 0 Å². The van der Waals surface area contributed by atoms with Crippen LogP contribution in [0.1, 0.15) is 31.4 Å². The molecular weight excluding hydrogens is 364 g/mol. The van der Waals surface area contributed by atoms with E-state index in [1.807, 2.05) is 32.0 Å². The molecule has 0 unspecified atom stereocenters. The zero-order valence-electron chi connectivity index (χ0n) is 17.5. The molecule has 0 radical (unpaired) electrons. The first-order chi connectivity index (χ1) is 13.8. The lowest BCUT2D eigenvalue weighted by Gasteiger charge is -2.41. The summed E-state index contributed by atoms with van der Waals surface area (Å²) in [6, 6.07) is 16.4. The molecule has 0 aliphatic carbocycles. The van der Waals surface area contributed by atoms with Crippen molar-refractivity contribution >= 4 is 11.8 Å². The average Bonchev–Trinajstić information content (AvgIpc) is 2.68. The van der Waals surface area contributed by atoms with E-state index in [9.17, 15) is 9.59 Å². The Balaban J connectivity index is 1.83. The number of benzene rings is 2. The van der Waals surface area contributed by atoms with Gasteiger partial charge in [-0.2, -0.15) is 0 Å². The Morgan fingerprint density at radius 2 is 1.86 bits per heavy atom. The van der Waals surface area contributed by atoms with Gasteiger partial charge >= 0.3 is 0 Å². The third-order valence-electron chi connectivity index (χ3n) is 5.37. The maximum atomic E-state index is 12.6. The van der Waals surface area contributed by atoms with Gasteiger partial charge in [0, 0.05) is 19.4 Å². The van der Waals surface area contributed by atoms with Crippen LogP contribution >= 0.6 is 0 Å². The van der Waals surface area contributed by atoms with Crippen molar-refractivity contribution < 1.29 is 14.3 Å². The lowest BCUT2D eigenvalue weighted by atomic mass is 9.90. The van der Waals surface area contributed by atoms with Crippen molar-refractivity contribution in [2.45, 2.75) is 39.2 Å². The molecule has 1 atom stereocenters. The summed E-state index contributed by atoms with van der Waals surface area (Å²) in [4.78, 5) is 26.7. The molecule has 1 aliphatic rings. The van der Waals surface area contributed by atoms with Crippen molar-refractivity contribution in [1.82, 2.24) is 4.90 Å². The number of carbonyl (C=O) groups is 2. The van der Waals surface area contributed by atoms with Gasteiger partial charge in [0.1, 0.15) is 0 Å². The molecule has 1 heterocycles. The smallest absolute Gasteiger partial charge is 0.251 e. The SMILES string of the molecule is Cc1ccc(-c2cccc(C[C@]3(C(N)=O)CN(C(=O)CC(C)C)CCO3)c2)cc1. The van der Waals surface area contributed by atoms with Crippen molar-refractivity contribution in [3.8, 4) is 11.1 Å². The predicted molar refractivity (Wildman–Crippen MR) is 114 cm³/mol. The van der Waals surface area contributed by atoms with Crippen molar-refractivity contribution in [1.29, 1.82) is 0 Å². The third kappa shape index (κ3) is 5.04. The summed E-state index contributed by atoms with van der Waals surface area (Å²) < 4.78 is 5.91. The first-order valence-corrected chi connectivity index (χ1v) is 10.2. The molecule has 5 heteroatoms. The number of morpholine rings is 1. The average molecular weight is 395 g/mol. The summed E-state index contributed by atoms with van der Waals surface area (Å²) in [6.07, 6.45) is 0.797. The van der Waals surface area contributed by atoms with E-state index in [2.05, 4.69) is 37.3 Å². The molecule has 1 fully saturated rings. The van der Waals surface area contributed by atoms with E-state index in [1.54, 1.807) is 4.90 Å². The molecule has 29 heavy (non-hydrogen) atoms. The molecule has 1 aliphatic heterocycles. The number of rotatable bonds is 6. The molecule has 1 saturated heterocycles. The zero-order valence-corrected chi connectivity index (χ0v) is 17.5. The van der Waals surface area contributed by atoms with Crippen molar-refractivity contribution in [2.24, 2.45) is 11.7 Å². The molecule has 3 rings (SSSR count). The zero-order chi connectivity index (χ0) is 21.0. The number of primary amides is 1. The molecule has 2 aromatic carbocycles. The first kappa shape index (κ1) is 21.1. The molecule has 154 valence electrons. The fourth-order valence-corrected chi connectivity index (χ4v) is 3.76. The molecule has 5 nitrogen and oxygen atoms in total. The lowest BCUT2D eigenvalue weighted by Crippen LogP contribution is -2.61. The number of amides is 2. The minimum atomic E-state index is -1.20. The van der Waals surface area contributed by atoms with E-state index in [4.69, 9.17) is 10.5 Å². The van der Waals surface area contributed by atoms with E-state index in [1.165, 1.54) is 5.56 Å². The predicted octanol–water partition coefficient (Wildman–Crippen LogP) is 3.33. The van der Waals surface area contributed by atoms with E-state index in [0.717, 1.165) is 16.7 Å². The van der Waals surface area contributed by atoms with Gasteiger partial charge in [0.2, 0.25) is 5.91 Å². The van der Waals surface area contributed by atoms with Crippen LogP contribution in [0.3, 0.4) is 0 Å².